The Hall–Kier alpha value is -0.280. The van der Waals surface area contributed by atoms with Gasteiger partial charge in [0.1, 0.15) is 0 Å². The Morgan fingerprint density at radius 3 is 2.46 bits per heavy atom. The molecule has 1 unspecified atom stereocenters. The van der Waals surface area contributed by atoms with Crippen molar-refractivity contribution < 1.29 is 4.79 Å². The summed E-state index contributed by atoms with van der Waals surface area (Å²) in [6.45, 7) is 1.70. The normalized spacial score (nSPS) is 31.0. The molecule has 3 nitrogen and oxygen atoms in total. The highest BCUT2D eigenvalue weighted by Gasteiger charge is 2.21. The molecular formula is C9H17ClN2O. The summed E-state index contributed by atoms with van der Waals surface area (Å²) in [6.07, 6.45) is 3.94. The van der Waals surface area contributed by atoms with Gasteiger partial charge in [-0.2, -0.15) is 0 Å². The topological polar surface area (TPSA) is 55.1 Å². The number of nitrogens with two attached hydrogens (primary N) is 1. The van der Waals surface area contributed by atoms with E-state index in [0.29, 0.717) is 5.38 Å². The van der Waals surface area contributed by atoms with Gasteiger partial charge in [-0.15, -0.1) is 11.6 Å². The lowest BCUT2D eigenvalue weighted by Gasteiger charge is -2.26. The Morgan fingerprint density at radius 2 is 2.00 bits per heavy atom. The van der Waals surface area contributed by atoms with Crippen molar-refractivity contribution in [3.63, 3.8) is 0 Å². The van der Waals surface area contributed by atoms with E-state index in [1.165, 1.54) is 0 Å². The highest BCUT2D eigenvalue weighted by Crippen LogP contribution is 2.22. The van der Waals surface area contributed by atoms with E-state index in [2.05, 4.69) is 5.32 Å². The summed E-state index contributed by atoms with van der Waals surface area (Å²) >= 11 is 5.94. The number of rotatable bonds is 2. The van der Waals surface area contributed by atoms with E-state index in [4.69, 9.17) is 17.3 Å². The average Bonchev–Trinajstić information content (AvgIpc) is 2.08. The maximum Gasteiger partial charge on any atom is 0.236 e. The third kappa shape index (κ3) is 3.53. The van der Waals surface area contributed by atoms with Gasteiger partial charge in [0, 0.05) is 11.4 Å². The molecule has 13 heavy (non-hydrogen) atoms. The van der Waals surface area contributed by atoms with Crippen molar-refractivity contribution in [3.8, 4) is 0 Å². The molecule has 1 aliphatic carbocycles. The molecule has 1 atom stereocenters. The average molecular weight is 205 g/mol. The summed E-state index contributed by atoms with van der Waals surface area (Å²) in [5.74, 6) is -0.0574. The van der Waals surface area contributed by atoms with Crippen molar-refractivity contribution in [2.45, 2.75) is 50.1 Å². The Bertz CT molecular complexity index is 176. The van der Waals surface area contributed by atoms with Crippen molar-refractivity contribution in [2.24, 2.45) is 5.73 Å². The second kappa shape index (κ2) is 4.82. The zero-order valence-corrected chi connectivity index (χ0v) is 8.68. The van der Waals surface area contributed by atoms with Crippen LogP contribution in [-0.4, -0.2) is 23.4 Å². The summed E-state index contributed by atoms with van der Waals surface area (Å²) in [7, 11) is 0. The molecule has 0 bridgehead atoms. The molecule has 1 rings (SSSR count). The number of carbonyl (C=O) groups excluding carboxylic acids is 1. The molecule has 0 aromatic rings. The predicted molar refractivity (Wildman–Crippen MR) is 53.7 cm³/mol. The molecule has 1 aliphatic rings. The van der Waals surface area contributed by atoms with Gasteiger partial charge in [-0.05, 0) is 32.6 Å². The first-order valence-corrected chi connectivity index (χ1v) is 5.23. The van der Waals surface area contributed by atoms with Crippen molar-refractivity contribution in [1.29, 1.82) is 0 Å². The van der Waals surface area contributed by atoms with E-state index in [-0.39, 0.29) is 11.9 Å². The molecule has 1 saturated carbocycles. The molecule has 0 aromatic carbocycles. The number of nitrogens with one attached hydrogen (secondary N) is 1. The second-order valence-electron chi connectivity index (χ2n) is 3.75. The van der Waals surface area contributed by atoms with Crippen LogP contribution in [0.3, 0.4) is 0 Å². The van der Waals surface area contributed by atoms with E-state index in [1.807, 2.05) is 0 Å². The highest BCUT2D eigenvalue weighted by molar-refractivity contribution is 6.20. The summed E-state index contributed by atoms with van der Waals surface area (Å²) in [4.78, 5) is 11.2. The van der Waals surface area contributed by atoms with Crippen LogP contribution in [0.5, 0.6) is 0 Å². The minimum absolute atomic E-state index is 0.0574. The Kier molecular flexibility index (Phi) is 4.00. The lowest BCUT2D eigenvalue weighted by atomic mass is 9.95. The summed E-state index contributed by atoms with van der Waals surface area (Å²) in [5, 5.41) is 3.21. The fourth-order valence-electron chi connectivity index (χ4n) is 1.53. The third-order valence-corrected chi connectivity index (χ3v) is 2.85. The van der Waals surface area contributed by atoms with Crippen LogP contribution < -0.4 is 11.1 Å². The zero-order valence-electron chi connectivity index (χ0n) is 7.92. The molecule has 1 fully saturated rings. The highest BCUT2D eigenvalue weighted by atomic mass is 35.5. The Morgan fingerprint density at radius 1 is 1.46 bits per heavy atom. The van der Waals surface area contributed by atoms with Crippen LogP contribution in [0.4, 0.5) is 0 Å². The molecule has 76 valence electrons. The predicted octanol–water partition coefficient (Wildman–Crippen LogP) is 1.000. The minimum atomic E-state index is -0.409. The Balaban J connectivity index is 2.26. The molecule has 0 spiro atoms. The smallest absolute Gasteiger partial charge is 0.236 e. The molecule has 0 aromatic heterocycles. The largest absolute Gasteiger partial charge is 0.352 e. The third-order valence-electron chi connectivity index (χ3n) is 2.42. The molecule has 1 amide bonds. The van der Waals surface area contributed by atoms with Gasteiger partial charge >= 0.3 is 0 Å². The SMILES string of the molecule is CC(N)C(=O)NC1CCC(Cl)CC1. The first kappa shape index (κ1) is 10.8. The molecule has 4 heteroatoms. The number of amides is 1. The number of hydrogen-bond acceptors (Lipinski definition) is 2. The molecule has 0 heterocycles. The maximum absolute atomic E-state index is 11.2. The standard InChI is InChI=1S/C9H17ClN2O/c1-6(11)9(13)12-8-4-2-7(10)3-5-8/h6-8H,2-5,11H2,1H3,(H,12,13). The molecular weight excluding hydrogens is 188 g/mol. The molecule has 3 N–H and O–H groups in total. The van der Waals surface area contributed by atoms with Gasteiger partial charge in [0.05, 0.1) is 6.04 Å². The number of halogens is 1. The van der Waals surface area contributed by atoms with E-state index in [9.17, 15) is 4.79 Å². The van der Waals surface area contributed by atoms with Crippen LogP contribution in [0.1, 0.15) is 32.6 Å². The van der Waals surface area contributed by atoms with E-state index in [0.717, 1.165) is 25.7 Å². The number of alkyl halides is 1. The molecule has 0 aliphatic heterocycles. The summed E-state index contributed by atoms with van der Waals surface area (Å²) in [5.41, 5.74) is 5.44. The van der Waals surface area contributed by atoms with Gasteiger partial charge in [-0.25, -0.2) is 0 Å². The van der Waals surface area contributed by atoms with Gasteiger partial charge < -0.3 is 11.1 Å². The number of carbonyl (C=O) groups is 1. The van der Waals surface area contributed by atoms with Gasteiger partial charge in [0.25, 0.3) is 0 Å². The summed E-state index contributed by atoms with van der Waals surface area (Å²) < 4.78 is 0. The first-order valence-electron chi connectivity index (χ1n) is 4.79. The molecule has 0 saturated heterocycles. The van der Waals surface area contributed by atoms with Crippen molar-refractivity contribution in [2.75, 3.05) is 0 Å². The van der Waals surface area contributed by atoms with E-state index >= 15 is 0 Å². The van der Waals surface area contributed by atoms with Crippen molar-refractivity contribution >= 4 is 17.5 Å². The Labute approximate surface area is 84.0 Å². The minimum Gasteiger partial charge on any atom is -0.352 e. The molecule has 0 radical (unpaired) electrons. The second-order valence-corrected chi connectivity index (χ2v) is 4.36. The lowest BCUT2D eigenvalue weighted by molar-refractivity contribution is -0.122. The van der Waals surface area contributed by atoms with Gasteiger partial charge in [0.2, 0.25) is 5.91 Å². The number of hydrogen-bond donors (Lipinski definition) is 2. The fourth-order valence-corrected chi connectivity index (χ4v) is 1.78. The van der Waals surface area contributed by atoms with E-state index in [1.54, 1.807) is 6.92 Å². The van der Waals surface area contributed by atoms with Gasteiger partial charge in [-0.3, -0.25) is 4.79 Å². The van der Waals surface area contributed by atoms with Crippen molar-refractivity contribution in [1.82, 2.24) is 5.32 Å². The lowest BCUT2D eigenvalue weighted by Crippen LogP contribution is -2.45. The first-order chi connectivity index (χ1) is 6.09. The monoisotopic (exact) mass is 204 g/mol. The van der Waals surface area contributed by atoms with E-state index < -0.39 is 6.04 Å². The maximum atomic E-state index is 11.2. The fraction of sp³-hybridized carbons (Fsp3) is 0.889. The van der Waals surface area contributed by atoms with Crippen LogP contribution in [0, 0.1) is 0 Å². The van der Waals surface area contributed by atoms with Gasteiger partial charge in [-0.1, -0.05) is 0 Å². The van der Waals surface area contributed by atoms with Crippen molar-refractivity contribution in [3.05, 3.63) is 0 Å². The van der Waals surface area contributed by atoms with Crippen LogP contribution >= 0.6 is 11.6 Å². The summed E-state index contributed by atoms with van der Waals surface area (Å²) in [6, 6.07) is -0.123. The van der Waals surface area contributed by atoms with Crippen LogP contribution in [0.25, 0.3) is 0 Å². The van der Waals surface area contributed by atoms with Crippen LogP contribution in [-0.2, 0) is 4.79 Å². The van der Waals surface area contributed by atoms with Crippen LogP contribution in [0.2, 0.25) is 0 Å². The van der Waals surface area contributed by atoms with Crippen LogP contribution in [0.15, 0.2) is 0 Å². The quantitative estimate of drug-likeness (QED) is 0.660. The zero-order chi connectivity index (χ0) is 9.84. The van der Waals surface area contributed by atoms with Gasteiger partial charge in [0.15, 0.2) is 0 Å².